The highest BCUT2D eigenvalue weighted by molar-refractivity contribution is 5.75. The van der Waals surface area contributed by atoms with E-state index in [1.54, 1.807) is 13.8 Å². The molecule has 0 heterocycles. The number of carbonyl (C=O) groups excluding carboxylic acids is 1. The Balaban J connectivity index is 4.16. The van der Waals surface area contributed by atoms with Gasteiger partial charge in [-0.15, -0.1) is 0 Å². The normalized spacial score (nSPS) is 13.2. The van der Waals surface area contributed by atoms with Crippen molar-refractivity contribution in [1.29, 1.82) is 0 Å². The van der Waals surface area contributed by atoms with Gasteiger partial charge < -0.3 is 15.7 Å². The summed E-state index contributed by atoms with van der Waals surface area (Å²) in [6.07, 6.45) is -5.75. The van der Waals surface area contributed by atoms with Gasteiger partial charge in [-0.3, -0.25) is 4.79 Å². The standard InChI is InChI=1S/C10H17F3N2O3/c1-6(2)7(5-10(11,12)13)15-9(18)14-4-3-8(16)17/h6-7H,3-5H2,1-2H3,(H,16,17)(H2,14,15,18). The molecule has 0 aliphatic heterocycles. The van der Waals surface area contributed by atoms with Crippen molar-refractivity contribution < 1.29 is 27.9 Å². The predicted octanol–water partition coefficient (Wildman–Crippen LogP) is 1.74. The first-order valence-corrected chi connectivity index (χ1v) is 5.44. The molecule has 0 aromatic carbocycles. The van der Waals surface area contributed by atoms with Gasteiger partial charge >= 0.3 is 18.2 Å². The highest BCUT2D eigenvalue weighted by Crippen LogP contribution is 2.24. The van der Waals surface area contributed by atoms with E-state index >= 15 is 0 Å². The van der Waals surface area contributed by atoms with Crippen molar-refractivity contribution in [3.8, 4) is 0 Å². The zero-order chi connectivity index (χ0) is 14.3. The average molecular weight is 270 g/mol. The molecule has 0 radical (unpaired) electrons. The zero-order valence-electron chi connectivity index (χ0n) is 10.2. The van der Waals surface area contributed by atoms with Crippen LogP contribution >= 0.6 is 0 Å². The molecular formula is C10H17F3N2O3. The van der Waals surface area contributed by atoms with E-state index in [0.29, 0.717) is 0 Å². The summed E-state index contributed by atoms with van der Waals surface area (Å²) in [5.41, 5.74) is 0. The highest BCUT2D eigenvalue weighted by Gasteiger charge is 2.33. The molecular weight excluding hydrogens is 253 g/mol. The summed E-state index contributed by atoms with van der Waals surface area (Å²) in [4.78, 5) is 21.4. The van der Waals surface area contributed by atoms with Crippen LogP contribution in [0.4, 0.5) is 18.0 Å². The third-order valence-electron chi connectivity index (χ3n) is 2.20. The topological polar surface area (TPSA) is 78.4 Å². The minimum Gasteiger partial charge on any atom is -0.481 e. The molecule has 8 heteroatoms. The van der Waals surface area contributed by atoms with E-state index in [1.165, 1.54) is 0 Å². The fourth-order valence-corrected chi connectivity index (χ4v) is 1.21. The largest absolute Gasteiger partial charge is 0.481 e. The van der Waals surface area contributed by atoms with Crippen LogP contribution in [0, 0.1) is 5.92 Å². The van der Waals surface area contributed by atoms with Gasteiger partial charge in [0.15, 0.2) is 0 Å². The molecule has 5 nitrogen and oxygen atoms in total. The van der Waals surface area contributed by atoms with Gasteiger partial charge in [-0.05, 0) is 5.92 Å². The molecule has 1 atom stereocenters. The van der Waals surface area contributed by atoms with Gasteiger partial charge in [-0.25, -0.2) is 4.79 Å². The van der Waals surface area contributed by atoms with Crippen LogP contribution in [0.3, 0.4) is 0 Å². The van der Waals surface area contributed by atoms with Crippen molar-refractivity contribution in [3.63, 3.8) is 0 Å². The number of hydrogen-bond acceptors (Lipinski definition) is 2. The van der Waals surface area contributed by atoms with Crippen molar-refractivity contribution in [2.24, 2.45) is 5.92 Å². The molecule has 1 unspecified atom stereocenters. The summed E-state index contributed by atoms with van der Waals surface area (Å²) in [6, 6.07) is -1.82. The van der Waals surface area contributed by atoms with Crippen LogP contribution in [0.1, 0.15) is 26.7 Å². The second-order valence-electron chi connectivity index (χ2n) is 4.21. The van der Waals surface area contributed by atoms with E-state index in [0.717, 1.165) is 0 Å². The molecule has 2 amide bonds. The second kappa shape index (κ2) is 7.07. The number of carbonyl (C=O) groups is 2. The van der Waals surface area contributed by atoms with E-state index in [-0.39, 0.29) is 18.9 Å². The van der Waals surface area contributed by atoms with Crippen molar-refractivity contribution in [1.82, 2.24) is 10.6 Å². The number of carboxylic acids is 1. The monoisotopic (exact) mass is 270 g/mol. The molecule has 0 rings (SSSR count). The number of halogens is 3. The Labute approximate surface area is 103 Å². The summed E-state index contributed by atoms with van der Waals surface area (Å²) in [5.74, 6) is -1.47. The first kappa shape index (κ1) is 16.5. The first-order chi connectivity index (χ1) is 8.11. The van der Waals surface area contributed by atoms with Crippen LogP contribution in [0.15, 0.2) is 0 Å². The van der Waals surface area contributed by atoms with E-state index < -0.39 is 30.6 Å². The molecule has 0 spiro atoms. The number of alkyl halides is 3. The molecule has 106 valence electrons. The maximum absolute atomic E-state index is 12.2. The van der Waals surface area contributed by atoms with E-state index in [4.69, 9.17) is 5.11 Å². The molecule has 0 bridgehead atoms. The lowest BCUT2D eigenvalue weighted by Crippen LogP contribution is -2.46. The maximum atomic E-state index is 12.2. The number of nitrogens with one attached hydrogen (secondary N) is 2. The van der Waals surface area contributed by atoms with Crippen LogP contribution in [0.25, 0.3) is 0 Å². The Morgan fingerprint density at radius 1 is 1.28 bits per heavy atom. The fraction of sp³-hybridized carbons (Fsp3) is 0.800. The Hall–Kier alpha value is -1.47. The minimum atomic E-state index is -4.36. The number of hydrogen-bond donors (Lipinski definition) is 3. The maximum Gasteiger partial charge on any atom is 0.391 e. The Morgan fingerprint density at radius 3 is 2.22 bits per heavy atom. The van der Waals surface area contributed by atoms with Gasteiger partial charge in [-0.2, -0.15) is 13.2 Å². The summed E-state index contributed by atoms with van der Waals surface area (Å²) in [6.45, 7) is 3.00. The summed E-state index contributed by atoms with van der Waals surface area (Å²) >= 11 is 0. The van der Waals surface area contributed by atoms with Crippen molar-refractivity contribution in [2.45, 2.75) is 38.9 Å². The molecule has 0 aliphatic carbocycles. The molecule has 0 aliphatic rings. The average Bonchev–Trinajstić information content (AvgIpc) is 2.13. The summed E-state index contributed by atoms with van der Waals surface area (Å²) < 4.78 is 36.7. The summed E-state index contributed by atoms with van der Waals surface area (Å²) in [7, 11) is 0. The zero-order valence-corrected chi connectivity index (χ0v) is 10.2. The lowest BCUT2D eigenvalue weighted by atomic mass is 10.0. The molecule has 0 aromatic heterocycles. The van der Waals surface area contributed by atoms with E-state index in [1.807, 2.05) is 0 Å². The van der Waals surface area contributed by atoms with E-state index in [9.17, 15) is 22.8 Å². The van der Waals surface area contributed by atoms with Gasteiger partial charge in [0.25, 0.3) is 0 Å². The van der Waals surface area contributed by atoms with Gasteiger partial charge in [0.2, 0.25) is 0 Å². The van der Waals surface area contributed by atoms with Crippen LogP contribution < -0.4 is 10.6 Å². The third-order valence-corrected chi connectivity index (χ3v) is 2.20. The highest BCUT2D eigenvalue weighted by atomic mass is 19.4. The SMILES string of the molecule is CC(C)C(CC(F)(F)F)NC(=O)NCCC(=O)O. The second-order valence-corrected chi connectivity index (χ2v) is 4.21. The molecule has 0 aromatic rings. The third kappa shape index (κ3) is 8.66. The number of amides is 2. The Kier molecular flexibility index (Phi) is 6.50. The van der Waals surface area contributed by atoms with Crippen LogP contribution in [0.2, 0.25) is 0 Å². The van der Waals surface area contributed by atoms with Crippen molar-refractivity contribution >= 4 is 12.0 Å². The number of carboxylic acid groups (broad SMARTS) is 1. The quantitative estimate of drug-likeness (QED) is 0.688. The lowest BCUT2D eigenvalue weighted by Gasteiger charge is -2.23. The fourth-order valence-electron chi connectivity index (χ4n) is 1.21. The molecule has 3 N–H and O–H groups in total. The number of rotatable bonds is 6. The molecule has 0 saturated heterocycles. The van der Waals surface area contributed by atoms with Crippen molar-refractivity contribution in [3.05, 3.63) is 0 Å². The van der Waals surface area contributed by atoms with Crippen molar-refractivity contribution in [2.75, 3.05) is 6.54 Å². The van der Waals surface area contributed by atoms with Gasteiger partial charge in [0.05, 0.1) is 12.8 Å². The first-order valence-electron chi connectivity index (χ1n) is 5.44. The smallest absolute Gasteiger partial charge is 0.391 e. The van der Waals surface area contributed by atoms with Crippen LogP contribution in [0.5, 0.6) is 0 Å². The van der Waals surface area contributed by atoms with Crippen LogP contribution in [-0.2, 0) is 4.79 Å². The van der Waals surface area contributed by atoms with Gasteiger partial charge in [0.1, 0.15) is 0 Å². The molecule has 0 fully saturated rings. The predicted molar refractivity (Wildman–Crippen MR) is 58.1 cm³/mol. The minimum absolute atomic E-state index is 0.127. The number of urea groups is 1. The van der Waals surface area contributed by atoms with E-state index in [2.05, 4.69) is 10.6 Å². The van der Waals surface area contributed by atoms with Gasteiger partial charge in [0, 0.05) is 12.6 Å². The van der Waals surface area contributed by atoms with Gasteiger partial charge in [-0.1, -0.05) is 13.8 Å². The number of aliphatic carboxylic acids is 1. The lowest BCUT2D eigenvalue weighted by molar-refractivity contribution is -0.141. The Morgan fingerprint density at radius 2 is 1.83 bits per heavy atom. The molecule has 18 heavy (non-hydrogen) atoms. The molecule has 0 saturated carbocycles. The Bertz CT molecular complexity index is 293. The summed E-state index contributed by atoms with van der Waals surface area (Å²) in [5, 5.41) is 12.7. The van der Waals surface area contributed by atoms with Crippen LogP contribution in [-0.4, -0.2) is 35.9 Å².